The molecule has 32 heavy (non-hydrogen) atoms. The Morgan fingerprint density at radius 1 is 0.719 bits per heavy atom. The van der Waals surface area contributed by atoms with Gasteiger partial charge in [-0.25, -0.2) is 5.06 Å². The SMILES string of the molecule is C=CCON1CN(C(c2ccccc2)(c2ccccc2)c2ccccc2)C2=C1CCCC2. The summed E-state index contributed by atoms with van der Waals surface area (Å²) in [5.41, 5.74) is 6.07. The van der Waals surface area contributed by atoms with Crippen LogP contribution in [0.1, 0.15) is 42.4 Å². The highest BCUT2D eigenvalue weighted by Gasteiger charge is 2.47. The lowest BCUT2D eigenvalue weighted by atomic mass is 9.75. The summed E-state index contributed by atoms with van der Waals surface area (Å²) < 4.78 is 0. The van der Waals surface area contributed by atoms with Gasteiger partial charge in [0.05, 0.1) is 12.3 Å². The van der Waals surface area contributed by atoms with Crippen molar-refractivity contribution in [2.45, 2.75) is 31.2 Å². The Hall–Kier alpha value is -3.30. The van der Waals surface area contributed by atoms with E-state index < -0.39 is 5.54 Å². The predicted octanol–water partition coefficient (Wildman–Crippen LogP) is 6.46. The summed E-state index contributed by atoms with van der Waals surface area (Å²) in [6, 6.07) is 32.7. The zero-order valence-corrected chi connectivity index (χ0v) is 18.5. The average molecular weight is 423 g/mol. The van der Waals surface area contributed by atoms with Gasteiger partial charge in [-0.1, -0.05) is 97.1 Å². The van der Waals surface area contributed by atoms with E-state index in [9.17, 15) is 0 Å². The molecule has 0 saturated heterocycles. The van der Waals surface area contributed by atoms with E-state index >= 15 is 0 Å². The van der Waals surface area contributed by atoms with Crippen molar-refractivity contribution < 1.29 is 4.84 Å². The third kappa shape index (κ3) is 3.43. The van der Waals surface area contributed by atoms with E-state index in [0.717, 1.165) is 12.8 Å². The second-order valence-corrected chi connectivity index (χ2v) is 8.44. The monoisotopic (exact) mass is 422 g/mol. The fraction of sp³-hybridized carbons (Fsp3) is 0.241. The molecule has 3 aromatic carbocycles. The van der Waals surface area contributed by atoms with Crippen LogP contribution in [0.4, 0.5) is 0 Å². The van der Waals surface area contributed by atoms with Crippen molar-refractivity contribution in [3.05, 3.63) is 132 Å². The third-order valence-corrected chi connectivity index (χ3v) is 6.63. The van der Waals surface area contributed by atoms with Gasteiger partial charge in [0.2, 0.25) is 0 Å². The number of nitrogens with zero attached hydrogens (tertiary/aromatic N) is 2. The van der Waals surface area contributed by atoms with Gasteiger partial charge in [0, 0.05) is 5.70 Å². The minimum absolute atomic E-state index is 0.450. The molecule has 0 radical (unpaired) electrons. The van der Waals surface area contributed by atoms with Gasteiger partial charge in [0.15, 0.2) is 0 Å². The van der Waals surface area contributed by atoms with Crippen LogP contribution in [0, 0.1) is 0 Å². The maximum atomic E-state index is 6.17. The maximum absolute atomic E-state index is 6.17. The highest BCUT2D eigenvalue weighted by atomic mass is 16.7. The molecule has 2 aliphatic rings. The van der Waals surface area contributed by atoms with Gasteiger partial charge in [0.25, 0.3) is 0 Å². The van der Waals surface area contributed by atoms with Crippen LogP contribution in [0.3, 0.4) is 0 Å². The van der Waals surface area contributed by atoms with E-state index in [2.05, 4.69) is 108 Å². The normalized spacial score (nSPS) is 16.2. The molecule has 1 aliphatic heterocycles. The van der Waals surface area contributed by atoms with Crippen molar-refractivity contribution >= 4 is 0 Å². The molecular weight excluding hydrogens is 392 g/mol. The van der Waals surface area contributed by atoms with E-state index in [1.54, 1.807) is 0 Å². The van der Waals surface area contributed by atoms with Gasteiger partial charge >= 0.3 is 0 Å². The first-order valence-corrected chi connectivity index (χ1v) is 11.5. The molecule has 3 nitrogen and oxygen atoms in total. The number of hydrogen-bond donors (Lipinski definition) is 0. The minimum atomic E-state index is -0.450. The minimum Gasteiger partial charge on any atom is -0.335 e. The Morgan fingerprint density at radius 2 is 1.19 bits per heavy atom. The summed E-state index contributed by atoms with van der Waals surface area (Å²) in [7, 11) is 0. The van der Waals surface area contributed by atoms with E-state index in [1.807, 2.05) is 6.08 Å². The molecule has 0 N–H and O–H groups in total. The first-order chi connectivity index (χ1) is 15.9. The molecule has 1 aliphatic carbocycles. The zero-order chi connectivity index (χ0) is 21.8. The number of benzene rings is 3. The van der Waals surface area contributed by atoms with Gasteiger partial charge < -0.3 is 4.90 Å². The molecule has 0 unspecified atom stereocenters. The van der Waals surface area contributed by atoms with Gasteiger partial charge in [0.1, 0.15) is 12.2 Å². The molecule has 0 saturated carbocycles. The molecule has 0 bridgehead atoms. The van der Waals surface area contributed by atoms with E-state index in [1.165, 1.54) is 40.9 Å². The van der Waals surface area contributed by atoms with Gasteiger partial charge in [-0.15, -0.1) is 6.58 Å². The van der Waals surface area contributed by atoms with Gasteiger partial charge in [-0.2, -0.15) is 0 Å². The summed E-state index contributed by atoms with van der Waals surface area (Å²) in [4.78, 5) is 8.76. The van der Waals surface area contributed by atoms with Crippen molar-refractivity contribution in [2.24, 2.45) is 0 Å². The molecule has 5 rings (SSSR count). The number of hydrogen-bond acceptors (Lipinski definition) is 3. The number of hydroxylamine groups is 2. The summed E-state index contributed by atoms with van der Waals surface area (Å²) in [6.45, 7) is 5.06. The molecule has 1 heterocycles. The van der Waals surface area contributed by atoms with Crippen LogP contribution in [0.5, 0.6) is 0 Å². The van der Waals surface area contributed by atoms with Crippen LogP contribution in [-0.2, 0) is 10.4 Å². The lowest BCUT2D eigenvalue weighted by molar-refractivity contribution is -0.134. The topological polar surface area (TPSA) is 15.7 Å². The third-order valence-electron chi connectivity index (χ3n) is 6.63. The van der Waals surface area contributed by atoms with Crippen LogP contribution < -0.4 is 0 Å². The first-order valence-electron chi connectivity index (χ1n) is 11.5. The molecule has 162 valence electrons. The molecule has 0 amide bonds. The fourth-order valence-electron chi connectivity index (χ4n) is 5.31. The molecule has 0 fully saturated rings. The Labute approximate surface area is 191 Å². The maximum Gasteiger partial charge on any atom is 0.118 e. The van der Waals surface area contributed by atoms with Crippen molar-refractivity contribution in [1.29, 1.82) is 0 Å². The summed E-state index contributed by atoms with van der Waals surface area (Å²) in [5, 5.41) is 2.11. The lowest BCUT2D eigenvalue weighted by Crippen LogP contribution is -2.48. The van der Waals surface area contributed by atoms with Crippen molar-refractivity contribution in [1.82, 2.24) is 9.96 Å². The smallest absolute Gasteiger partial charge is 0.118 e. The highest BCUT2D eigenvalue weighted by Crippen LogP contribution is 2.49. The first kappa shape index (κ1) is 20.6. The number of allylic oxidation sites excluding steroid dienone is 2. The van der Waals surface area contributed by atoms with Crippen LogP contribution in [0.15, 0.2) is 115 Å². The van der Waals surface area contributed by atoms with E-state index in [4.69, 9.17) is 4.84 Å². The van der Waals surface area contributed by atoms with E-state index in [-0.39, 0.29) is 0 Å². The van der Waals surface area contributed by atoms with Gasteiger partial charge in [-0.3, -0.25) is 4.84 Å². The van der Waals surface area contributed by atoms with Crippen LogP contribution >= 0.6 is 0 Å². The van der Waals surface area contributed by atoms with Crippen LogP contribution in [-0.4, -0.2) is 23.2 Å². The fourth-order valence-corrected chi connectivity index (χ4v) is 5.31. The summed E-state index contributed by atoms with van der Waals surface area (Å²) in [6.07, 6.45) is 6.36. The molecule has 3 heteroatoms. The molecular formula is C29H30N2O. The Bertz CT molecular complexity index is 979. The Morgan fingerprint density at radius 3 is 1.66 bits per heavy atom. The van der Waals surface area contributed by atoms with Crippen LogP contribution in [0.25, 0.3) is 0 Å². The second-order valence-electron chi connectivity index (χ2n) is 8.44. The molecule has 3 aromatic rings. The van der Waals surface area contributed by atoms with Crippen molar-refractivity contribution in [3.63, 3.8) is 0 Å². The quantitative estimate of drug-likeness (QED) is 0.321. The molecule has 0 aromatic heterocycles. The second kappa shape index (κ2) is 9.05. The molecule has 0 atom stereocenters. The number of rotatable bonds is 7. The Balaban J connectivity index is 1.77. The standard InChI is InChI=1S/C29H30N2O/c1-2-22-32-31-23-30(27-20-12-13-21-28(27)31)29(24-14-6-3-7-15-24,25-16-8-4-9-17-25)26-18-10-5-11-19-26/h2-11,14-19H,1,12-13,20-23H2. The highest BCUT2D eigenvalue weighted by molar-refractivity contribution is 5.51. The average Bonchev–Trinajstić information content (AvgIpc) is 3.24. The summed E-state index contributed by atoms with van der Waals surface area (Å²) in [5.74, 6) is 0. The molecule has 0 spiro atoms. The van der Waals surface area contributed by atoms with Crippen molar-refractivity contribution in [2.75, 3.05) is 13.3 Å². The lowest BCUT2D eigenvalue weighted by Gasteiger charge is -2.46. The van der Waals surface area contributed by atoms with Gasteiger partial charge in [-0.05, 0) is 42.4 Å². The van der Waals surface area contributed by atoms with Crippen molar-refractivity contribution in [3.8, 4) is 0 Å². The zero-order valence-electron chi connectivity index (χ0n) is 18.5. The largest absolute Gasteiger partial charge is 0.335 e. The van der Waals surface area contributed by atoms with E-state index in [0.29, 0.717) is 13.3 Å². The Kier molecular flexibility index (Phi) is 5.83. The summed E-state index contributed by atoms with van der Waals surface area (Å²) >= 11 is 0. The van der Waals surface area contributed by atoms with Crippen LogP contribution in [0.2, 0.25) is 0 Å². The predicted molar refractivity (Wildman–Crippen MR) is 129 cm³/mol.